The Hall–Kier alpha value is -4.01. The molecule has 0 spiro atoms. The van der Waals surface area contributed by atoms with Crippen molar-refractivity contribution < 1.29 is 36.6 Å². The number of aliphatic carboxylic acids is 1. The summed E-state index contributed by atoms with van der Waals surface area (Å²) in [7, 11) is 0. The minimum absolute atomic E-state index is 0.0166. The number of halogens is 5. The average Bonchev–Trinajstić information content (AvgIpc) is 2.90. The summed E-state index contributed by atoms with van der Waals surface area (Å²) in [5.41, 5.74) is 1.57. The summed E-state index contributed by atoms with van der Waals surface area (Å²) < 4.78 is 66.8. The van der Waals surface area contributed by atoms with Gasteiger partial charge in [-0.3, -0.25) is 9.59 Å². The van der Waals surface area contributed by atoms with Crippen molar-refractivity contribution in [3.63, 3.8) is 0 Å². The number of benzene rings is 3. The molecule has 0 aromatic heterocycles. The second-order valence-electron chi connectivity index (χ2n) is 10.2. The third-order valence-corrected chi connectivity index (χ3v) is 7.19. The molecule has 1 amide bonds. The van der Waals surface area contributed by atoms with Crippen molar-refractivity contribution in [1.82, 2.24) is 5.32 Å². The van der Waals surface area contributed by atoms with Gasteiger partial charge in [-0.2, -0.15) is 13.2 Å². The highest BCUT2D eigenvalue weighted by atomic mass is 19.4. The minimum atomic E-state index is -4.34. The zero-order valence-corrected chi connectivity index (χ0v) is 21.7. The second kappa shape index (κ2) is 11.6. The van der Waals surface area contributed by atoms with Gasteiger partial charge >= 0.3 is 12.1 Å². The summed E-state index contributed by atoms with van der Waals surface area (Å²) in [6.45, 7) is 1.68. The van der Waals surface area contributed by atoms with Gasteiger partial charge in [0.25, 0.3) is 0 Å². The van der Waals surface area contributed by atoms with Gasteiger partial charge in [0.05, 0.1) is 11.8 Å². The zero-order chi connectivity index (χ0) is 29.1. The molecule has 4 rings (SSSR count). The highest BCUT2D eigenvalue weighted by molar-refractivity contribution is 5.88. The van der Waals surface area contributed by atoms with Crippen molar-refractivity contribution in [2.75, 3.05) is 6.54 Å². The molecule has 1 aliphatic rings. The van der Waals surface area contributed by atoms with Crippen LogP contribution in [-0.4, -0.2) is 29.7 Å². The first-order valence-electron chi connectivity index (χ1n) is 12.8. The number of carboxylic acids is 1. The number of fused-ring (bicyclic) bond motifs is 1. The molecule has 2 N–H and O–H groups in total. The van der Waals surface area contributed by atoms with Crippen LogP contribution in [0.5, 0.6) is 0 Å². The Labute approximate surface area is 228 Å². The molecule has 0 aliphatic heterocycles. The van der Waals surface area contributed by atoms with E-state index >= 15 is 0 Å². The van der Waals surface area contributed by atoms with E-state index in [4.69, 9.17) is 5.11 Å². The van der Waals surface area contributed by atoms with Crippen LogP contribution in [-0.2, 0) is 9.59 Å². The molecule has 2 atom stereocenters. The quantitative estimate of drug-likeness (QED) is 0.265. The van der Waals surface area contributed by atoms with Gasteiger partial charge in [-0.05, 0) is 71.0 Å². The smallest absolute Gasteiger partial charge is 0.389 e. The molecule has 0 fully saturated rings. The van der Waals surface area contributed by atoms with E-state index in [0.717, 1.165) is 22.9 Å². The first-order chi connectivity index (χ1) is 18.8. The molecule has 1 aliphatic carbocycles. The summed E-state index contributed by atoms with van der Waals surface area (Å²) in [5.74, 6) is -3.86. The number of carboxylic acid groups (broad SMARTS) is 1. The summed E-state index contributed by atoms with van der Waals surface area (Å²) >= 11 is 0. The molecule has 0 radical (unpaired) electrons. The Bertz CT molecular complexity index is 1490. The monoisotopic (exact) mass is 557 g/mol. The van der Waals surface area contributed by atoms with Gasteiger partial charge in [0.1, 0.15) is 0 Å². The van der Waals surface area contributed by atoms with Crippen LogP contribution < -0.4 is 5.32 Å². The lowest BCUT2D eigenvalue weighted by Gasteiger charge is -2.29. The number of hydrogen-bond donors (Lipinski definition) is 2. The molecule has 0 bridgehead atoms. The molecule has 9 heteroatoms. The molecular weight excluding hydrogens is 529 g/mol. The Balaban J connectivity index is 1.59. The van der Waals surface area contributed by atoms with Crippen LogP contribution in [0.15, 0.2) is 78.4 Å². The van der Waals surface area contributed by atoms with Crippen molar-refractivity contribution in [2.24, 2.45) is 5.41 Å². The number of allylic oxidation sites excluding steroid dienone is 3. The van der Waals surface area contributed by atoms with E-state index < -0.39 is 41.5 Å². The number of carbonyl (C=O) groups is 2. The number of rotatable bonds is 9. The number of alkyl halides is 3. The van der Waals surface area contributed by atoms with E-state index in [1.54, 1.807) is 49.4 Å². The molecule has 0 heterocycles. The normalized spacial score (nSPS) is 17.9. The van der Waals surface area contributed by atoms with Crippen molar-refractivity contribution in [2.45, 2.75) is 44.7 Å². The fraction of sp³-hybridized carbons (Fsp3) is 0.290. The van der Waals surface area contributed by atoms with Gasteiger partial charge in [0.15, 0.2) is 11.6 Å². The first kappa shape index (κ1) is 29.0. The maximum absolute atomic E-state index is 13.7. The number of amides is 1. The second-order valence-corrected chi connectivity index (χ2v) is 10.2. The third kappa shape index (κ3) is 6.94. The average molecular weight is 558 g/mol. The highest BCUT2D eigenvalue weighted by Crippen LogP contribution is 2.40. The van der Waals surface area contributed by atoms with Gasteiger partial charge in [-0.1, -0.05) is 54.6 Å². The zero-order valence-electron chi connectivity index (χ0n) is 21.7. The van der Waals surface area contributed by atoms with Gasteiger partial charge in [-0.25, -0.2) is 8.78 Å². The largest absolute Gasteiger partial charge is 0.481 e. The predicted octanol–water partition coefficient (Wildman–Crippen LogP) is 7.69. The summed E-state index contributed by atoms with van der Waals surface area (Å²) in [5, 5.41) is 13.0. The van der Waals surface area contributed by atoms with E-state index in [2.05, 4.69) is 5.32 Å². The Kier molecular flexibility index (Phi) is 8.42. The van der Waals surface area contributed by atoms with E-state index in [1.165, 1.54) is 6.07 Å². The van der Waals surface area contributed by atoms with Crippen LogP contribution in [0.1, 0.15) is 44.1 Å². The van der Waals surface area contributed by atoms with Gasteiger partial charge in [-0.15, -0.1) is 0 Å². The number of nitrogens with one attached hydrogen (secondary N) is 1. The fourth-order valence-electron chi connectivity index (χ4n) is 4.83. The summed E-state index contributed by atoms with van der Waals surface area (Å²) in [6.07, 6.45) is -0.351. The molecule has 0 saturated carbocycles. The van der Waals surface area contributed by atoms with Crippen molar-refractivity contribution in [3.05, 3.63) is 95.6 Å². The molecule has 40 heavy (non-hydrogen) atoms. The van der Waals surface area contributed by atoms with Gasteiger partial charge in [0.2, 0.25) is 5.91 Å². The standard InChI is InChI=1S/C31H28F5NO3/c1-30(29(40)37-15-11-28(38)39)12-8-19(9-13-30)25(10-14-31(34,35)36)24-5-4-20-16-21(2-3-22(20)17-24)23-6-7-26(32)27(33)18-23/h2-9,12,16-18,25H,10-11,13-15H2,1H3,(H,37,40)(H,38,39). The predicted molar refractivity (Wildman–Crippen MR) is 143 cm³/mol. The van der Waals surface area contributed by atoms with Gasteiger partial charge < -0.3 is 10.4 Å². The highest BCUT2D eigenvalue weighted by Gasteiger charge is 2.34. The van der Waals surface area contributed by atoms with Crippen LogP contribution in [0.25, 0.3) is 21.9 Å². The number of carbonyl (C=O) groups excluding carboxylic acids is 1. The maximum atomic E-state index is 13.7. The third-order valence-electron chi connectivity index (χ3n) is 7.19. The van der Waals surface area contributed by atoms with Crippen LogP contribution in [0.3, 0.4) is 0 Å². The molecule has 2 unspecified atom stereocenters. The van der Waals surface area contributed by atoms with Crippen molar-refractivity contribution in [3.8, 4) is 11.1 Å². The maximum Gasteiger partial charge on any atom is 0.389 e. The van der Waals surface area contributed by atoms with Crippen molar-refractivity contribution >= 4 is 22.6 Å². The topological polar surface area (TPSA) is 66.4 Å². The van der Waals surface area contributed by atoms with E-state index in [9.17, 15) is 31.5 Å². The molecule has 3 aromatic rings. The fourth-order valence-corrected chi connectivity index (χ4v) is 4.83. The molecular formula is C31H28F5NO3. The lowest BCUT2D eigenvalue weighted by atomic mass is 9.76. The van der Waals surface area contributed by atoms with Crippen LogP contribution in [0.2, 0.25) is 0 Å². The van der Waals surface area contributed by atoms with Gasteiger partial charge in [0, 0.05) is 18.9 Å². The molecule has 4 nitrogen and oxygen atoms in total. The minimum Gasteiger partial charge on any atom is -0.481 e. The molecule has 0 saturated heterocycles. The van der Waals surface area contributed by atoms with Crippen LogP contribution >= 0.6 is 0 Å². The Morgan fingerprint density at radius 1 is 0.975 bits per heavy atom. The lowest BCUT2D eigenvalue weighted by Crippen LogP contribution is -2.39. The van der Waals surface area contributed by atoms with Crippen molar-refractivity contribution in [1.29, 1.82) is 0 Å². The Morgan fingerprint density at radius 3 is 2.30 bits per heavy atom. The van der Waals surface area contributed by atoms with E-state index in [-0.39, 0.29) is 31.7 Å². The summed E-state index contributed by atoms with van der Waals surface area (Å²) in [6, 6.07) is 14.4. The van der Waals surface area contributed by atoms with E-state index in [1.807, 2.05) is 12.1 Å². The molecule has 210 valence electrons. The SMILES string of the molecule is CC1(C(=O)NCCC(=O)O)C=CC(C(CCC(F)(F)F)c2ccc3cc(-c4ccc(F)c(F)c4)ccc3c2)=CC1. The van der Waals surface area contributed by atoms with Crippen LogP contribution in [0, 0.1) is 17.0 Å². The lowest BCUT2D eigenvalue weighted by molar-refractivity contribution is -0.137. The molecule has 3 aromatic carbocycles. The van der Waals surface area contributed by atoms with E-state index in [0.29, 0.717) is 22.3 Å². The first-order valence-corrected chi connectivity index (χ1v) is 12.8. The van der Waals surface area contributed by atoms with Crippen LogP contribution in [0.4, 0.5) is 22.0 Å². The Morgan fingerprint density at radius 2 is 1.65 bits per heavy atom. The summed E-state index contributed by atoms with van der Waals surface area (Å²) in [4.78, 5) is 23.4. The number of hydrogen-bond acceptors (Lipinski definition) is 2.